The van der Waals surface area contributed by atoms with Gasteiger partial charge in [0.15, 0.2) is 0 Å². The second-order valence-electron chi connectivity index (χ2n) is 5.37. The largest absolute Gasteiger partial charge is 0.324 e. The Labute approximate surface area is 111 Å². The molecule has 1 N–H and O–H groups in total. The highest BCUT2D eigenvalue weighted by Gasteiger charge is 2.32. The van der Waals surface area contributed by atoms with Crippen molar-refractivity contribution in [2.75, 3.05) is 18.0 Å². The number of halogens is 2. The molecule has 108 valence electrons. The lowest BCUT2D eigenvalue weighted by atomic mass is 10.0. The Morgan fingerprint density at radius 3 is 2.47 bits per heavy atom. The molecule has 2 rings (SSSR count). The topological polar surface area (TPSA) is 54.2 Å². The number of nitrogens with one attached hydrogen (secondary N) is 1. The van der Waals surface area contributed by atoms with Crippen LogP contribution in [0.2, 0.25) is 0 Å². The van der Waals surface area contributed by atoms with Gasteiger partial charge in [-0.15, -0.1) is 0 Å². The van der Waals surface area contributed by atoms with Crippen LogP contribution in [0.5, 0.6) is 0 Å². The van der Waals surface area contributed by atoms with Gasteiger partial charge in [0.05, 0.1) is 0 Å². The predicted molar refractivity (Wildman–Crippen MR) is 67.4 cm³/mol. The second-order valence-corrected chi connectivity index (χ2v) is 5.37. The summed E-state index contributed by atoms with van der Waals surface area (Å²) in [5.41, 5.74) is 0. The number of anilines is 1. The van der Waals surface area contributed by atoms with Crippen molar-refractivity contribution in [2.24, 2.45) is 0 Å². The molecule has 0 aliphatic carbocycles. The first-order valence-corrected chi connectivity index (χ1v) is 6.59. The summed E-state index contributed by atoms with van der Waals surface area (Å²) in [5, 5.41) is 6.81. The van der Waals surface area contributed by atoms with Gasteiger partial charge in [0.1, 0.15) is 0 Å². The van der Waals surface area contributed by atoms with Gasteiger partial charge in [-0.05, 0) is 12.8 Å². The number of alkyl halides is 2. The highest BCUT2D eigenvalue weighted by molar-refractivity contribution is 5.26. The van der Waals surface area contributed by atoms with Crippen LogP contribution in [-0.2, 0) is 5.92 Å². The SMILES string of the molecule is CC(C)NC1CCN(c2nc(C(C)(F)F)no2)CC1. The van der Waals surface area contributed by atoms with Crippen molar-refractivity contribution in [1.29, 1.82) is 0 Å². The summed E-state index contributed by atoms with van der Waals surface area (Å²) in [6.07, 6.45) is 1.89. The van der Waals surface area contributed by atoms with Crippen molar-refractivity contribution >= 4 is 6.01 Å². The summed E-state index contributed by atoms with van der Waals surface area (Å²) in [5.74, 6) is -3.61. The van der Waals surface area contributed by atoms with Gasteiger partial charge in [0, 0.05) is 32.1 Å². The van der Waals surface area contributed by atoms with Crippen LogP contribution in [0.25, 0.3) is 0 Å². The average Bonchev–Trinajstić information content (AvgIpc) is 2.78. The van der Waals surface area contributed by atoms with Crippen molar-refractivity contribution in [1.82, 2.24) is 15.5 Å². The van der Waals surface area contributed by atoms with E-state index in [1.54, 1.807) is 0 Å². The van der Waals surface area contributed by atoms with Gasteiger partial charge >= 0.3 is 11.9 Å². The number of rotatable bonds is 4. The van der Waals surface area contributed by atoms with E-state index >= 15 is 0 Å². The monoisotopic (exact) mass is 274 g/mol. The Morgan fingerprint density at radius 2 is 2.00 bits per heavy atom. The fourth-order valence-electron chi connectivity index (χ4n) is 2.23. The minimum atomic E-state index is -3.06. The third-order valence-corrected chi connectivity index (χ3v) is 3.14. The van der Waals surface area contributed by atoms with E-state index in [9.17, 15) is 8.78 Å². The second kappa shape index (κ2) is 5.40. The summed E-state index contributed by atoms with van der Waals surface area (Å²) >= 11 is 0. The zero-order valence-electron chi connectivity index (χ0n) is 11.5. The van der Waals surface area contributed by atoms with E-state index in [-0.39, 0.29) is 6.01 Å². The van der Waals surface area contributed by atoms with Gasteiger partial charge in [-0.25, -0.2) is 0 Å². The molecular formula is C12H20F2N4O. The third-order valence-electron chi connectivity index (χ3n) is 3.14. The molecule has 1 aromatic rings. The molecule has 1 saturated heterocycles. The summed E-state index contributed by atoms with van der Waals surface area (Å²) in [4.78, 5) is 5.63. The molecule has 0 atom stereocenters. The molecule has 7 heteroatoms. The Morgan fingerprint density at radius 1 is 1.37 bits per heavy atom. The summed E-state index contributed by atoms with van der Waals surface area (Å²) in [6.45, 7) is 6.46. The van der Waals surface area contributed by atoms with Crippen LogP contribution in [0.1, 0.15) is 39.4 Å². The van der Waals surface area contributed by atoms with Crippen molar-refractivity contribution in [2.45, 2.75) is 51.6 Å². The first kappa shape index (κ1) is 14.2. The van der Waals surface area contributed by atoms with E-state index in [1.165, 1.54) is 0 Å². The average molecular weight is 274 g/mol. The number of piperidine rings is 1. The maximum atomic E-state index is 13.0. The van der Waals surface area contributed by atoms with Crippen LogP contribution in [0.3, 0.4) is 0 Å². The van der Waals surface area contributed by atoms with E-state index in [0.717, 1.165) is 32.9 Å². The smallest absolute Gasteiger partial charge is 0.324 e. The lowest BCUT2D eigenvalue weighted by Gasteiger charge is -2.32. The van der Waals surface area contributed by atoms with E-state index in [4.69, 9.17) is 4.52 Å². The first-order valence-electron chi connectivity index (χ1n) is 6.59. The summed E-state index contributed by atoms with van der Waals surface area (Å²) in [7, 11) is 0. The van der Waals surface area contributed by atoms with Crippen molar-refractivity contribution in [3.05, 3.63) is 5.82 Å². The highest BCUT2D eigenvalue weighted by Crippen LogP contribution is 2.27. The molecule has 0 radical (unpaired) electrons. The van der Waals surface area contributed by atoms with Crippen LogP contribution >= 0.6 is 0 Å². The van der Waals surface area contributed by atoms with E-state index in [1.807, 2.05) is 4.90 Å². The van der Waals surface area contributed by atoms with E-state index < -0.39 is 11.7 Å². The van der Waals surface area contributed by atoms with Crippen molar-refractivity contribution in [3.8, 4) is 0 Å². The van der Waals surface area contributed by atoms with Crippen LogP contribution in [0.15, 0.2) is 4.52 Å². The van der Waals surface area contributed by atoms with Gasteiger partial charge < -0.3 is 14.7 Å². The fraction of sp³-hybridized carbons (Fsp3) is 0.833. The van der Waals surface area contributed by atoms with Crippen molar-refractivity contribution < 1.29 is 13.3 Å². The number of nitrogens with zero attached hydrogens (tertiary/aromatic N) is 3. The van der Waals surface area contributed by atoms with Crippen LogP contribution < -0.4 is 10.2 Å². The van der Waals surface area contributed by atoms with Crippen molar-refractivity contribution in [3.63, 3.8) is 0 Å². The third kappa shape index (κ3) is 3.62. The molecule has 5 nitrogen and oxygen atoms in total. The van der Waals surface area contributed by atoms with E-state index in [2.05, 4.69) is 29.3 Å². The molecule has 1 fully saturated rings. The maximum Gasteiger partial charge on any atom is 0.324 e. The first-order chi connectivity index (χ1) is 8.86. The van der Waals surface area contributed by atoms with Gasteiger partial charge in [-0.1, -0.05) is 19.0 Å². The Hall–Kier alpha value is -1.24. The summed E-state index contributed by atoms with van der Waals surface area (Å²) in [6, 6.07) is 1.11. The number of hydrogen-bond acceptors (Lipinski definition) is 5. The molecule has 0 bridgehead atoms. The standard InChI is InChI=1S/C12H20F2N4O/c1-8(2)15-9-4-6-18(7-5-9)11-16-10(17-19-11)12(3,13)14/h8-9,15H,4-7H2,1-3H3. The van der Waals surface area contributed by atoms with Gasteiger partial charge in [-0.3, -0.25) is 0 Å². The van der Waals surface area contributed by atoms with Gasteiger partial charge in [-0.2, -0.15) is 13.8 Å². The van der Waals surface area contributed by atoms with E-state index in [0.29, 0.717) is 12.1 Å². The molecule has 1 aliphatic heterocycles. The van der Waals surface area contributed by atoms with Gasteiger partial charge in [0.2, 0.25) is 5.82 Å². The number of aromatic nitrogens is 2. The molecule has 0 unspecified atom stereocenters. The predicted octanol–water partition coefficient (Wildman–Crippen LogP) is 2.15. The van der Waals surface area contributed by atoms with Crippen LogP contribution in [0.4, 0.5) is 14.8 Å². The minimum absolute atomic E-state index is 0.194. The normalized spacial score (nSPS) is 18.3. The molecule has 19 heavy (non-hydrogen) atoms. The molecular weight excluding hydrogens is 254 g/mol. The lowest BCUT2D eigenvalue weighted by Crippen LogP contribution is -2.44. The molecule has 2 heterocycles. The Balaban J connectivity index is 1.93. The molecule has 0 aromatic carbocycles. The van der Waals surface area contributed by atoms with Gasteiger partial charge in [0.25, 0.3) is 0 Å². The maximum absolute atomic E-state index is 13.0. The fourth-order valence-corrected chi connectivity index (χ4v) is 2.23. The minimum Gasteiger partial charge on any atom is -0.324 e. The zero-order valence-corrected chi connectivity index (χ0v) is 11.5. The highest BCUT2D eigenvalue weighted by atomic mass is 19.3. The van der Waals surface area contributed by atoms with Crippen LogP contribution in [-0.4, -0.2) is 35.3 Å². The van der Waals surface area contributed by atoms with Crippen LogP contribution in [0, 0.1) is 0 Å². The quantitative estimate of drug-likeness (QED) is 0.911. The molecule has 1 aliphatic rings. The summed E-state index contributed by atoms with van der Waals surface area (Å²) < 4.78 is 31.0. The molecule has 0 spiro atoms. The Kier molecular flexibility index (Phi) is 4.03. The zero-order chi connectivity index (χ0) is 14.0. The molecule has 0 saturated carbocycles. The molecule has 1 aromatic heterocycles. The Bertz CT molecular complexity index is 408. The number of hydrogen-bond donors (Lipinski definition) is 1. The lowest BCUT2D eigenvalue weighted by molar-refractivity contribution is 0.00559. The molecule has 0 amide bonds.